The minimum Gasteiger partial charge on any atom is -0.369 e. The van der Waals surface area contributed by atoms with Gasteiger partial charge in [-0.15, -0.1) is 0 Å². The predicted molar refractivity (Wildman–Crippen MR) is 102 cm³/mol. The molecule has 4 aromatic rings. The zero-order valence-corrected chi connectivity index (χ0v) is 14.9. The maximum absolute atomic E-state index is 13.1. The molecule has 0 saturated heterocycles. The van der Waals surface area contributed by atoms with E-state index in [0.29, 0.717) is 17.9 Å². The number of para-hydroxylation sites is 3. The fourth-order valence-electron chi connectivity index (χ4n) is 3.25. The minimum atomic E-state index is -2.70. The number of hydrogen-bond donors (Lipinski definition) is 1. The van der Waals surface area contributed by atoms with Gasteiger partial charge in [0.25, 0.3) is 6.43 Å². The summed E-state index contributed by atoms with van der Waals surface area (Å²) in [5.74, 6) is 0.958. The Balaban J connectivity index is 1.50. The van der Waals surface area contributed by atoms with E-state index >= 15 is 0 Å². The van der Waals surface area contributed by atoms with Gasteiger partial charge in [-0.2, -0.15) is 0 Å². The summed E-state index contributed by atoms with van der Waals surface area (Å²) in [6.45, 7) is 3.37. The van der Waals surface area contributed by atoms with Crippen LogP contribution in [0.3, 0.4) is 0 Å². The van der Waals surface area contributed by atoms with Crippen molar-refractivity contribution >= 4 is 27.8 Å². The number of imidazole rings is 1. The first-order valence-corrected chi connectivity index (χ1v) is 8.84. The number of benzene rings is 2. The van der Waals surface area contributed by atoms with Crippen molar-refractivity contribution in [1.29, 1.82) is 0 Å². The molecule has 138 valence electrons. The summed E-state index contributed by atoms with van der Waals surface area (Å²) >= 11 is 0. The number of anilines is 1. The number of aromatic nitrogens is 4. The highest BCUT2D eigenvalue weighted by molar-refractivity contribution is 5.89. The molecule has 0 bridgehead atoms. The van der Waals surface area contributed by atoms with Crippen molar-refractivity contribution < 1.29 is 8.78 Å². The Morgan fingerprint density at radius 1 is 0.963 bits per heavy atom. The summed E-state index contributed by atoms with van der Waals surface area (Å²) < 4.78 is 28.3. The lowest BCUT2D eigenvalue weighted by Crippen LogP contribution is -2.10. The van der Waals surface area contributed by atoms with E-state index in [1.807, 2.05) is 37.3 Å². The molecule has 0 fully saturated rings. The van der Waals surface area contributed by atoms with E-state index < -0.39 is 12.2 Å². The van der Waals surface area contributed by atoms with Crippen LogP contribution < -0.4 is 5.32 Å². The molecule has 0 atom stereocenters. The summed E-state index contributed by atoms with van der Waals surface area (Å²) in [7, 11) is 0. The average Bonchev–Trinajstić information content (AvgIpc) is 3.00. The molecule has 0 saturated carbocycles. The first-order valence-electron chi connectivity index (χ1n) is 8.84. The highest BCUT2D eigenvalue weighted by Crippen LogP contribution is 2.24. The maximum atomic E-state index is 13.1. The van der Waals surface area contributed by atoms with Gasteiger partial charge in [-0.05, 0) is 37.6 Å². The second-order valence-corrected chi connectivity index (χ2v) is 6.33. The second kappa shape index (κ2) is 7.26. The van der Waals surface area contributed by atoms with Crippen molar-refractivity contribution in [3.05, 3.63) is 60.2 Å². The smallest absolute Gasteiger partial charge is 0.297 e. The lowest BCUT2D eigenvalue weighted by atomic mass is 10.2. The Morgan fingerprint density at radius 2 is 1.70 bits per heavy atom. The molecule has 0 radical (unpaired) electrons. The van der Waals surface area contributed by atoms with Crippen molar-refractivity contribution in [2.45, 2.75) is 26.3 Å². The van der Waals surface area contributed by atoms with Crippen LogP contribution in [0.15, 0.2) is 48.5 Å². The van der Waals surface area contributed by atoms with Crippen molar-refractivity contribution in [2.24, 2.45) is 0 Å². The monoisotopic (exact) mass is 367 g/mol. The summed E-state index contributed by atoms with van der Waals surface area (Å²) in [5, 5.41) is 3.94. The topological polar surface area (TPSA) is 55.6 Å². The number of fused-ring (bicyclic) bond motifs is 2. The van der Waals surface area contributed by atoms with Crippen LogP contribution in [0, 0.1) is 6.92 Å². The van der Waals surface area contributed by atoms with E-state index in [4.69, 9.17) is 0 Å². The number of halogens is 2. The molecule has 0 amide bonds. The predicted octanol–water partition coefficient (Wildman–Crippen LogP) is 4.73. The van der Waals surface area contributed by atoms with E-state index in [0.717, 1.165) is 35.2 Å². The van der Waals surface area contributed by atoms with Gasteiger partial charge in [0.1, 0.15) is 11.6 Å². The Labute approximate surface area is 155 Å². The van der Waals surface area contributed by atoms with Crippen molar-refractivity contribution in [2.75, 3.05) is 11.9 Å². The van der Waals surface area contributed by atoms with Crippen molar-refractivity contribution in [3.8, 4) is 0 Å². The van der Waals surface area contributed by atoms with Crippen LogP contribution in [0.25, 0.3) is 21.9 Å². The van der Waals surface area contributed by atoms with Gasteiger partial charge < -0.3 is 9.88 Å². The van der Waals surface area contributed by atoms with Crippen LogP contribution in [0.5, 0.6) is 0 Å². The third kappa shape index (κ3) is 3.45. The molecule has 2 aromatic heterocycles. The van der Waals surface area contributed by atoms with Gasteiger partial charge in [0.05, 0.1) is 16.6 Å². The van der Waals surface area contributed by atoms with Gasteiger partial charge in [-0.3, -0.25) is 0 Å². The summed E-state index contributed by atoms with van der Waals surface area (Å²) in [5.41, 5.74) is 2.59. The van der Waals surface area contributed by atoms with Gasteiger partial charge in [0.15, 0.2) is 5.82 Å². The number of nitrogens with zero attached hydrogens (tertiary/aromatic N) is 4. The SMILES string of the molecule is Cc1nc2ccccc2n1CCCNc1nc(C(F)F)nc2ccccc12. The molecule has 0 unspecified atom stereocenters. The van der Waals surface area contributed by atoms with Crippen LogP contribution in [0.4, 0.5) is 14.6 Å². The number of alkyl halides is 2. The lowest BCUT2D eigenvalue weighted by Gasteiger charge is -2.11. The number of nitrogens with one attached hydrogen (secondary N) is 1. The average molecular weight is 367 g/mol. The summed E-state index contributed by atoms with van der Waals surface area (Å²) in [6.07, 6.45) is -1.89. The third-order valence-electron chi connectivity index (χ3n) is 4.51. The first kappa shape index (κ1) is 17.3. The Morgan fingerprint density at radius 3 is 2.52 bits per heavy atom. The van der Waals surface area contributed by atoms with Gasteiger partial charge in [0.2, 0.25) is 0 Å². The zero-order chi connectivity index (χ0) is 18.8. The standard InChI is InChI=1S/C20H19F2N5/c1-13-24-16-9-4-5-10-17(16)27(13)12-6-11-23-19-14-7-2-3-8-15(14)25-20(26-19)18(21)22/h2-5,7-10,18H,6,11-12H2,1H3,(H,23,25,26). The van der Waals surface area contributed by atoms with Crippen molar-refractivity contribution in [3.63, 3.8) is 0 Å². The largest absolute Gasteiger partial charge is 0.369 e. The molecule has 7 heteroatoms. The molecule has 0 aliphatic heterocycles. The fourth-order valence-corrected chi connectivity index (χ4v) is 3.25. The Hall–Kier alpha value is -3.09. The number of rotatable bonds is 6. The molecule has 0 aliphatic carbocycles. The Bertz CT molecular complexity index is 1090. The molecule has 0 spiro atoms. The van der Waals surface area contributed by atoms with Crippen LogP contribution >= 0.6 is 0 Å². The van der Waals surface area contributed by atoms with Gasteiger partial charge in [0, 0.05) is 18.5 Å². The first-order chi connectivity index (χ1) is 13.1. The number of hydrogen-bond acceptors (Lipinski definition) is 4. The third-order valence-corrected chi connectivity index (χ3v) is 4.51. The van der Waals surface area contributed by atoms with E-state index in [-0.39, 0.29) is 0 Å². The quantitative estimate of drug-likeness (QED) is 0.501. The number of aryl methyl sites for hydroxylation is 2. The normalized spacial score (nSPS) is 11.6. The van der Waals surface area contributed by atoms with E-state index in [1.54, 1.807) is 12.1 Å². The molecule has 5 nitrogen and oxygen atoms in total. The van der Waals surface area contributed by atoms with Crippen LogP contribution in [0.1, 0.15) is 24.5 Å². The van der Waals surface area contributed by atoms with Crippen LogP contribution in [0.2, 0.25) is 0 Å². The van der Waals surface area contributed by atoms with Crippen LogP contribution in [-0.2, 0) is 6.54 Å². The van der Waals surface area contributed by atoms with Gasteiger partial charge in [-0.25, -0.2) is 23.7 Å². The lowest BCUT2D eigenvalue weighted by molar-refractivity contribution is 0.141. The summed E-state index contributed by atoms with van der Waals surface area (Å²) in [4.78, 5) is 12.5. The Kier molecular flexibility index (Phi) is 4.66. The van der Waals surface area contributed by atoms with Crippen LogP contribution in [-0.4, -0.2) is 26.1 Å². The maximum Gasteiger partial charge on any atom is 0.297 e. The van der Waals surface area contributed by atoms with E-state index in [9.17, 15) is 8.78 Å². The summed E-state index contributed by atoms with van der Waals surface area (Å²) in [6, 6.07) is 15.2. The minimum absolute atomic E-state index is 0.447. The van der Waals surface area contributed by atoms with Gasteiger partial charge in [-0.1, -0.05) is 24.3 Å². The zero-order valence-electron chi connectivity index (χ0n) is 14.9. The molecule has 2 aromatic carbocycles. The fraction of sp³-hybridized carbons (Fsp3) is 0.250. The molecule has 27 heavy (non-hydrogen) atoms. The van der Waals surface area contributed by atoms with Crippen molar-refractivity contribution in [1.82, 2.24) is 19.5 Å². The highest BCUT2D eigenvalue weighted by Gasteiger charge is 2.15. The van der Waals surface area contributed by atoms with E-state index in [1.165, 1.54) is 0 Å². The second-order valence-electron chi connectivity index (χ2n) is 6.33. The van der Waals surface area contributed by atoms with Gasteiger partial charge >= 0.3 is 0 Å². The molecule has 1 N–H and O–H groups in total. The molecule has 0 aliphatic rings. The molecule has 4 rings (SSSR count). The molecular weight excluding hydrogens is 348 g/mol. The highest BCUT2D eigenvalue weighted by atomic mass is 19.3. The molecular formula is C20H19F2N5. The van der Waals surface area contributed by atoms with E-state index in [2.05, 4.69) is 30.9 Å². The molecule has 2 heterocycles.